The van der Waals surface area contributed by atoms with Crippen molar-refractivity contribution in [1.82, 2.24) is 9.88 Å². The first-order valence-corrected chi connectivity index (χ1v) is 9.15. The summed E-state index contributed by atoms with van der Waals surface area (Å²) in [4.78, 5) is 32.5. The Morgan fingerprint density at radius 3 is 2.55 bits per heavy atom. The van der Waals surface area contributed by atoms with Gasteiger partial charge in [0.15, 0.2) is 5.43 Å². The largest absolute Gasteiger partial charge is 0.450 e. The molecular formula is C23H15FN2O3. The SMILES string of the molecule is O=C1c2oc3ccc(F)cc3c(=O)c2[C@H](c2ccccn2)N1Cc1ccccc1. The number of aromatic nitrogens is 1. The van der Waals surface area contributed by atoms with Crippen LogP contribution in [0.15, 0.2) is 82.1 Å². The first-order valence-electron chi connectivity index (χ1n) is 9.15. The molecule has 1 atom stereocenters. The van der Waals surface area contributed by atoms with Crippen molar-refractivity contribution in [3.8, 4) is 0 Å². The Morgan fingerprint density at radius 1 is 1.00 bits per heavy atom. The molecule has 2 aromatic carbocycles. The van der Waals surface area contributed by atoms with Crippen LogP contribution in [0, 0.1) is 5.82 Å². The smallest absolute Gasteiger partial charge is 0.291 e. The predicted molar refractivity (Wildman–Crippen MR) is 105 cm³/mol. The summed E-state index contributed by atoms with van der Waals surface area (Å²) in [7, 11) is 0. The molecule has 3 heterocycles. The van der Waals surface area contributed by atoms with Crippen molar-refractivity contribution in [1.29, 1.82) is 0 Å². The zero-order chi connectivity index (χ0) is 20.0. The van der Waals surface area contributed by atoms with Crippen LogP contribution >= 0.6 is 0 Å². The fourth-order valence-corrected chi connectivity index (χ4v) is 3.78. The van der Waals surface area contributed by atoms with E-state index in [-0.39, 0.29) is 34.7 Å². The molecule has 4 aromatic rings. The molecule has 0 radical (unpaired) electrons. The second-order valence-electron chi connectivity index (χ2n) is 6.89. The van der Waals surface area contributed by atoms with E-state index < -0.39 is 17.3 Å². The van der Waals surface area contributed by atoms with E-state index in [0.717, 1.165) is 11.6 Å². The third-order valence-corrected chi connectivity index (χ3v) is 5.09. The van der Waals surface area contributed by atoms with Crippen LogP contribution in [0.25, 0.3) is 11.0 Å². The lowest BCUT2D eigenvalue weighted by molar-refractivity contribution is 0.0712. The number of amides is 1. The van der Waals surface area contributed by atoms with Crippen LogP contribution < -0.4 is 5.43 Å². The number of fused-ring (bicyclic) bond motifs is 2. The minimum absolute atomic E-state index is 0.0132. The van der Waals surface area contributed by atoms with E-state index in [9.17, 15) is 14.0 Å². The Balaban J connectivity index is 1.74. The summed E-state index contributed by atoms with van der Waals surface area (Å²) < 4.78 is 19.5. The molecular weight excluding hydrogens is 371 g/mol. The number of pyridine rings is 1. The molecule has 6 heteroatoms. The molecule has 0 aliphatic carbocycles. The van der Waals surface area contributed by atoms with Crippen molar-refractivity contribution >= 4 is 16.9 Å². The topological polar surface area (TPSA) is 63.4 Å². The monoisotopic (exact) mass is 386 g/mol. The van der Waals surface area contributed by atoms with Crippen molar-refractivity contribution in [2.24, 2.45) is 0 Å². The molecule has 5 nitrogen and oxygen atoms in total. The number of benzene rings is 2. The number of hydrogen-bond donors (Lipinski definition) is 0. The molecule has 0 saturated heterocycles. The molecule has 29 heavy (non-hydrogen) atoms. The van der Waals surface area contributed by atoms with Crippen molar-refractivity contribution in [2.75, 3.05) is 0 Å². The Bertz CT molecular complexity index is 1290. The van der Waals surface area contributed by atoms with Gasteiger partial charge < -0.3 is 9.32 Å². The van der Waals surface area contributed by atoms with Crippen molar-refractivity contribution in [2.45, 2.75) is 12.6 Å². The fraction of sp³-hybridized carbons (Fsp3) is 0.0870. The third-order valence-electron chi connectivity index (χ3n) is 5.09. The van der Waals surface area contributed by atoms with E-state index in [1.54, 1.807) is 29.3 Å². The zero-order valence-corrected chi connectivity index (χ0v) is 15.2. The van der Waals surface area contributed by atoms with Gasteiger partial charge in [0.2, 0.25) is 5.76 Å². The first-order chi connectivity index (χ1) is 14.1. The Kier molecular flexibility index (Phi) is 3.98. The van der Waals surface area contributed by atoms with Crippen molar-refractivity contribution in [3.05, 3.63) is 112 Å². The van der Waals surface area contributed by atoms with E-state index in [4.69, 9.17) is 4.42 Å². The summed E-state index contributed by atoms with van der Waals surface area (Å²) in [6.07, 6.45) is 1.61. The van der Waals surface area contributed by atoms with E-state index in [2.05, 4.69) is 4.98 Å². The minimum Gasteiger partial charge on any atom is -0.450 e. The van der Waals surface area contributed by atoms with Crippen LogP contribution in [-0.4, -0.2) is 15.8 Å². The van der Waals surface area contributed by atoms with Gasteiger partial charge in [-0.25, -0.2) is 4.39 Å². The minimum atomic E-state index is -0.706. The Hall–Kier alpha value is -3.80. The van der Waals surface area contributed by atoms with Crippen LogP contribution in [0.2, 0.25) is 0 Å². The average molecular weight is 386 g/mol. The van der Waals surface area contributed by atoms with Gasteiger partial charge >= 0.3 is 0 Å². The highest BCUT2D eigenvalue weighted by molar-refractivity contribution is 5.98. The second kappa shape index (κ2) is 6.67. The Morgan fingerprint density at radius 2 is 1.79 bits per heavy atom. The highest BCUT2D eigenvalue weighted by Crippen LogP contribution is 2.38. The molecule has 1 aliphatic heterocycles. The van der Waals surface area contributed by atoms with Crippen LogP contribution in [0.4, 0.5) is 4.39 Å². The molecule has 5 rings (SSSR count). The summed E-state index contributed by atoms with van der Waals surface area (Å²) >= 11 is 0. The van der Waals surface area contributed by atoms with Gasteiger partial charge in [0.25, 0.3) is 5.91 Å². The number of rotatable bonds is 3. The quantitative estimate of drug-likeness (QED) is 0.532. The van der Waals surface area contributed by atoms with Gasteiger partial charge in [-0.3, -0.25) is 14.6 Å². The summed E-state index contributed by atoms with van der Waals surface area (Å²) in [5.74, 6) is -0.937. The maximum absolute atomic E-state index is 13.8. The number of carbonyl (C=O) groups is 1. The first kappa shape index (κ1) is 17.3. The normalized spacial score (nSPS) is 15.7. The molecule has 0 fully saturated rings. The molecule has 0 bridgehead atoms. The maximum atomic E-state index is 13.8. The summed E-state index contributed by atoms with van der Waals surface area (Å²) in [5, 5.41) is 0.110. The lowest BCUT2D eigenvalue weighted by Crippen LogP contribution is -2.29. The summed E-state index contributed by atoms with van der Waals surface area (Å²) in [6.45, 7) is 0.287. The van der Waals surface area contributed by atoms with Gasteiger partial charge in [-0.15, -0.1) is 0 Å². The van der Waals surface area contributed by atoms with Gasteiger partial charge in [-0.1, -0.05) is 36.4 Å². The van der Waals surface area contributed by atoms with Crippen LogP contribution in [0.5, 0.6) is 0 Å². The summed E-state index contributed by atoms with van der Waals surface area (Å²) in [6, 6.07) is 17.8. The van der Waals surface area contributed by atoms with E-state index in [1.807, 2.05) is 30.3 Å². The molecule has 0 N–H and O–H groups in total. The van der Waals surface area contributed by atoms with E-state index in [1.165, 1.54) is 12.1 Å². The number of halogens is 1. The van der Waals surface area contributed by atoms with Gasteiger partial charge in [0.05, 0.1) is 16.6 Å². The molecule has 0 unspecified atom stereocenters. The molecule has 0 spiro atoms. The van der Waals surface area contributed by atoms with Crippen LogP contribution in [0.1, 0.15) is 33.4 Å². The highest BCUT2D eigenvalue weighted by atomic mass is 19.1. The molecule has 0 saturated carbocycles. The van der Waals surface area contributed by atoms with Crippen LogP contribution in [-0.2, 0) is 6.54 Å². The number of carbonyl (C=O) groups excluding carboxylic acids is 1. The lowest BCUT2D eigenvalue weighted by atomic mass is 10.0. The summed E-state index contributed by atoms with van der Waals surface area (Å²) in [5.41, 5.74) is 1.43. The second-order valence-corrected chi connectivity index (χ2v) is 6.89. The highest BCUT2D eigenvalue weighted by Gasteiger charge is 2.43. The average Bonchev–Trinajstić information content (AvgIpc) is 3.02. The van der Waals surface area contributed by atoms with Gasteiger partial charge in [-0.05, 0) is 35.9 Å². The van der Waals surface area contributed by atoms with Crippen LogP contribution in [0.3, 0.4) is 0 Å². The lowest BCUT2D eigenvalue weighted by Gasteiger charge is -2.24. The van der Waals surface area contributed by atoms with Gasteiger partial charge in [-0.2, -0.15) is 0 Å². The zero-order valence-electron chi connectivity index (χ0n) is 15.2. The molecule has 1 amide bonds. The van der Waals surface area contributed by atoms with E-state index >= 15 is 0 Å². The molecule has 2 aromatic heterocycles. The van der Waals surface area contributed by atoms with Gasteiger partial charge in [0.1, 0.15) is 17.4 Å². The number of nitrogens with zero attached hydrogens (tertiary/aromatic N) is 2. The standard InChI is InChI=1S/C23H15FN2O3/c24-15-9-10-18-16(12-15)21(27)19-20(17-8-4-5-11-25-17)26(23(28)22(19)29-18)13-14-6-2-1-3-7-14/h1-12,20H,13H2/t20-/m0/s1. The van der Waals surface area contributed by atoms with Crippen molar-refractivity contribution < 1.29 is 13.6 Å². The molecule has 142 valence electrons. The maximum Gasteiger partial charge on any atom is 0.291 e. The van der Waals surface area contributed by atoms with E-state index in [0.29, 0.717) is 5.69 Å². The third kappa shape index (κ3) is 2.81. The molecule has 1 aliphatic rings. The number of hydrogen-bond acceptors (Lipinski definition) is 4. The van der Waals surface area contributed by atoms with Gasteiger partial charge in [0, 0.05) is 12.7 Å². The Labute approximate surface area is 165 Å². The predicted octanol–water partition coefficient (Wildman–Crippen LogP) is 4.07. The fourth-order valence-electron chi connectivity index (χ4n) is 3.78. The van der Waals surface area contributed by atoms with Crippen molar-refractivity contribution in [3.63, 3.8) is 0 Å².